The smallest absolute Gasteiger partial charge is 0.230 e. The van der Waals surface area contributed by atoms with Crippen LogP contribution in [0.4, 0.5) is 0 Å². The number of nitrogens with zero attached hydrogens (tertiary/aromatic N) is 2. The maximum absolute atomic E-state index is 5.75. The van der Waals surface area contributed by atoms with Gasteiger partial charge in [0, 0.05) is 5.92 Å². The Hall–Kier alpha value is -0.900. The van der Waals surface area contributed by atoms with Crippen molar-refractivity contribution in [2.24, 2.45) is 11.7 Å². The zero-order chi connectivity index (χ0) is 9.97. The van der Waals surface area contributed by atoms with Gasteiger partial charge in [-0.15, -0.1) is 0 Å². The quantitative estimate of drug-likeness (QED) is 0.778. The van der Waals surface area contributed by atoms with Gasteiger partial charge in [0.05, 0.1) is 0 Å². The Morgan fingerprint density at radius 1 is 1.43 bits per heavy atom. The molecule has 0 spiro atoms. The molecule has 0 bridgehead atoms. The third-order valence-electron chi connectivity index (χ3n) is 3.07. The molecular weight excluding hydrogens is 178 g/mol. The molecule has 1 aromatic rings. The van der Waals surface area contributed by atoms with Crippen LogP contribution < -0.4 is 5.73 Å². The Morgan fingerprint density at radius 3 is 2.86 bits per heavy atom. The number of aromatic nitrogens is 2. The summed E-state index contributed by atoms with van der Waals surface area (Å²) in [7, 11) is 0. The van der Waals surface area contributed by atoms with Crippen molar-refractivity contribution in [1.29, 1.82) is 0 Å². The molecule has 0 aromatic carbocycles. The highest BCUT2D eigenvalue weighted by atomic mass is 16.5. The van der Waals surface area contributed by atoms with Crippen molar-refractivity contribution in [2.75, 3.05) is 6.54 Å². The van der Waals surface area contributed by atoms with Crippen molar-refractivity contribution in [1.82, 2.24) is 10.1 Å². The van der Waals surface area contributed by atoms with Gasteiger partial charge in [0.2, 0.25) is 5.89 Å². The Bertz CT molecular complexity index is 297. The van der Waals surface area contributed by atoms with Gasteiger partial charge in [-0.1, -0.05) is 18.0 Å². The highest BCUT2D eigenvalue weighted by molar-refractivity contribution is 4.98. The van der Waals surface area contributed by atoms with Gasteiger partial charge < -0.3 is 10.3 Å². The van der Waals surface area contributed by atoms with Crippen LogP contribution in [0.5, 0.6) is 0 Å². The summed E-state index contributed by atoms with van der Waals surface area (Å²) in [4.78, 5) is 4.30. The average molecular weight is 195 g/mol. The van der Waals surface area contributed by atoms with Crippen LogP contribution in [-0.2, 0) is 0 Å². The predicted molar refractivity (Wildman–Crippen MR) is 52.8 cm³/mol. The minimum Gasteiger partial charge on any atom is -0.339 e. The summed E-state index contributed by atoms with van der Waals surface area (Å²) in [5, 5.41) is 3.83. The van der Waals surface area contributed by atoms with Crippen molar-refractivity contribution >= 4 is 0 Å². The molecule has 4 heteroatoms. The molecule has 2 unspecified atom stereocenters. The van der Waals surface area contributed by atoms with Crippen LogP contribution in [0.25, 0.3) is 0 Å². The van der Waals surface area contributed by atoms with Gasteiger partial charge in [-0.2, -0.15) is 4.98 Å². The van der Waals surface area contributed by atoms with E-state index in [-0.39, 0.29) is 0 Å². The lowest BCUT2D eigenvalue weighted by molar-refractivity contribution is 0.249. The molecule has 1 aliphatic rings. The number of nitrogens with two attached hydrogens (primary N) is 1. The lowest BCUT2D eigenvalue weighted by Gasteiger charge is -2.27. The zero-order valence-corrected chi connectivity index (χ0v) is 8.57. The van der Waals surface area contributed by atoms with E-state index in [0.29, 0.717) is 11.8 Å². The lowest BCUT2D eigenvalue weighted by Crippen LogP contribution is -2.25. The van der Waals surface area contributed by atoms with Crippen LogP contribution in [0.15, 0.2) is 4.52 Å². The molecular formula is C10H17N3O. The molecule has 4 nitrogen and oxygen atoms in total. The van der Waals surface area contributed by atoms with Gasteiger partial charge in [-0.3, -0.25) is 0 Å². The van der Waals surface area contributed by atoms with E-state index in [4.69, 9.17) is 10.3 Å². The summed E-state index contributed by atoms with van der Waals surface area (Å²) in [6.45, 7) is 2.58. The fourth-order valence-corrected chi connectivity index (χ4v) is 2.28. The summed E-state index contributed by atoms with van der Waals surface area (Å²) in [6.07, 6.45) is 4.88. The topological polar surface area (TPSA) is 64.9 Å². The van der Waals surface area contributed by atoms with Gasteiger partial charge in [0.15, 0.2) is 5.82 Å². The van der Waals surface area contributed by atoms with E-state index in [9.17, 15) is 0 Å². The molecule has 2 atom stereocenters. The predicted octanol–water partition coefficient (Wildman–Crippen LogP) is 1.61. The maximum Gasteiger partial charge on any atom is 0.230 e. The Kier molecular flexibility index (Phi) is 2.82. The molecule has 78 valence electrons. The summed E-state index contributed by atoms with van der Waals surface area (Å²) < 4.78 is 5.22. The highest BCUT2D eigenvalue weighted by Gasteiger charge is 2.29. The normalized spacial score (nSPS) is 27.9. The van der Waals surface area contributed by atoms with E-state index < -0.39 is 0 Å². The first-order valence-corrected chi connectivity index (χ1v) is 5.31. The monoisotopic (exact) mass is 195 g/mol. The molecule has 0 amide bonds. The second-order valence-electron chi connectivity index (χ2n) is 4.07. The summed E-state index contributed by atoms with van der Waals surface area (Å²) in [5.74, 6) is 2.44. The summed E-state index contributed by atoms with van der Waals surface area (Å²) in [6, 6.07) is 0. The van der Waals surface area contributed by atoms with E-state index in [1.165, 1.54) is 19.3 Å². The van der Waals surface area contributed by atoms with Crippen LogP contribution in [0.3, 0.4) is 0 Å². The van der Waals surface area contributed by atoms with Gasteiger partial charge in [-0.25, -0.2) is 0 Å². The third-order valence-corrected chi connectivity index (χ3v) is 3.07. The van der Waals surface area contributed by atoms with Crippen LogP contribution >= 0.6 is 0 Å². The van der Waals surface area contributed by atoms with E-state index in [1.54, 1.807) is 0 Å². The Morgan fingerprint density at radius 2 is 2.21 bits per heavy atom. The number of rotatable bonds is 2. The summed E-state index contributed by atoms with van der Waals surface area (Å²) in [5.41, 5.74) is 5.75. The third kappa shape index (κ3) is 1.80. The molecule has 1 heterocycles. The van der Waals surface area contributed by atoms with E-state index in [1.807, 2.05) is 6.92 Å². The number of aryl methyl sites for hydroxylation is 1. The van der Waals surface area contributed by atoms with Crippen molar-refractivity contribution in [3.05, 3.63) is 11.7 Å². The molecule has 0 aliphatic heterocycles. The fraction of sp³-hybridized carbons (Fsp3) is 0.800. The first kappa shape index (κ1) is 9.65. The van der Waals surface area contributed by atoms with E-state index in [0.717, 1.165) is 24.7 Å². The second kappa shape index (κ2) is 4.09. The molecule has 1 aliphatic carbocycles. The van der Waals surface area contributed by atoms with Crippen LogP contribution in [-0.4, -0.2) is 16.7 Å². The van der Waals surface area contributed by atoms with Gasteiger partial charge in [0.25, 0.3) is 0 Å². The molecule has 1 aromatic heterocycles. The van der Waals surface area contributed by atoms with Crippen molar-refractivity contribution in [2.45, 2.75) is 38.5 Å². The maximum atomic E-state index is 5.75. The molecule has 1 fully saturated rings. The second-order valence-corrected chi connectivity index (χ2v) is 4.07. The van der Waals surface area contributed by atoms with Crippen LogP contribution in [0, 0.1) is 12.8 Å². The van der Waals surface area contributed by atoms with E-state index >= 15 is 0 Å². The van der Waals surface area contributed by atoms with Gasteiger partial charge in [-0.05, 0) is 32.2 Å². The number of hydrogen-bond acceptors (Lipinski definition) is 4. The van der Waals surface area contributed by atoms with Crippen LogP contribution in [0.2, 0.25) is 0 Å². The Balaban J connectivity index is 2.14. The average Bonchev–Trinajstić information content (AvgIpc) is 2.65. The minimum atomic E-state index is 0.398. The largest absolute Gasteiger partial charge is 0.339 e. The van der Waals surface area contributed by atoms with Gasteiger partial charge >= 0.3 is 0 Å². The molecule has 2 N–H and O–H groups in total. The SMILES string of the molecule is Cc1noc(C2CCCCC2CN)n1. The first-order valence-electron chi connectivity index (χ1n) is 5.31. The van der Waals surface area contributed by atoms with Gasteiger partial charge in [0.1, 0.15) is 0 Å². The number of hydrogen-bond donors (Lipinski definition) is 1. The minimum absolute atomic E-state index is 0.398. The molecule has 0 saturated heterocycles. The molecule has 14 heavy (non-hydrogen) atoms. The fourth-order valence-electron chi connectivity index (χ4n) is 2.28. The standard InChI is InChI=1S/C10H17N3O/c1-7-12-10(14-13-7)9-5-3-2-4-8(9)6-11/h8-9H,2-6,11H2,1H3. The van der Waals surface area contributed by atoms with Crippen LogP contribution in [0.1, 0.15) is 43.3 Å². The zero-order valence-electron chi connectivity index (χ0n) is 8.57. The first-order chi connectivity index (χ1) is 6.81. The lowest BCUT2D eigenvalue weighted by atomic mass is 9.79. The van der Waals surface area contributed by atoms with Crippen molar-refractivity contribution < 1.29 is 4.52 Å². The van der Waals surface area contributed by atoms with Crippen molar-refractivity contribution in [3.8, 4) is 0 Å². The highest BCUT2D eigenvalue weighted by Crippen LogP contribution is 2.36. The summed E-state index contributed by atoms with van der Waals surface area (Å²) >= 11 is 0. The van der Waals surface area contributed by atoms with Crippen molar-refractivity contribution in [3.63, 3.8) is 0 Å². The van der Waals surface area contributed by atoms with E-state index in [2.05, 4.69) is 10.1 Å². The molecule has 2 rings (SSSR count). The molecule has 0 radical (unpaired) electrons. The Labute approximate surface area is 83.9 Å². The molecule has 1 saturated carbocycles.